The molecule has 1 unspecified atom stereocenters. The van der Waals surface area contributed by atoms with Crippen molar-refractivity contribution in [2.24, 2.45) is 16.6 Å². The van der Waals surface area contributed by atoms with Gasteiger partial charge < -0.3 is 21.3 Å². The van der Waals surface area contributed by atoms with Gasteiger partial charge in [-0.15, -0.1) is 24.0 Å². The van der Waals surface area contributed by atoms with E-state index in [0.717, 1.165) is 49.8 Å². The summed E-state index contributed by atoms with van der Waals surface area (Å²) in [5, 5.41) is 6.73. The molecule has 1 amide bonds. The monoisotopic (exact) mass is 534 g/mol. The highest BCUT2D eigenvalue weighted by Gasteiger charge is 2.26. The Morgan fingerprint density at radius 1 is 1.45 bits per heavy atom. The average Bonchev–Trinajstić information content (AvgIpc) is 2.70. The van der Waals surface area contributed by atoms with Crippen LogP contribution in [0.25, 0.3) is 0 Å². The largest absolute Gasteiger partial charge is 0.369 e. The van der Waals surface area contributed by atoms with Gasteiger partial charge >= 0.3 is 0 Å². The summed E-state index contributed by atoms with van der Waals surface area (Å²) in [6.45, 7) is 10.1. The minimum Gasteiger partial charge on any atom is -0.369 e. The Balaban J connectivity index is 0.00000420. The predicted octanol–water partition coefficient (Wildman–Crippen LogP) is 2.60. The summed E-state index contributed by atoms with van der Waals surface area (Å²) in [5.41, 5.74) is 6.58. The molecule has 1 aromatic heterocycles. The fourth-order valence-corrected chi connectivity index (χ4v) is 3.33. The second-order valence-corrected chi connectivity index (χ2v) is 9.20. The second kappa shape index (κ2) is 12.5. The maximum Gasteiger partial charge on any atom is 0.222 e. The van der Waals surface area contributed by atoms with E-state index >= 15 is 0 Å². The van der Waals surface area contributed by atoms with E-state index in [1.807, 2.05) is 17.8 Å². The number of hydrogen-bond acceptors (Lipinski definition) is 5. The molecule has 1 aliphatic rings. The van der Waals surface area contributed by atoms with Crippen molar-refractivity contribution in [3.05, 3.63) is 23.9 Å². The van der Waals surface area contributed by atoms with E-state index < -0.39 is 0 Å². The van der Waals surface area contributed by atoms with Gasteiger partial charge in [-0.1, -0.05) is 6.07 Å². The molecule has 1 saturated heterocycles. The molecule has 164 valence electrons. The Kier molecular flexibility index (Phi) is 11.1. The van der Waals surface area contributed by atoms with Crippen molar-refractivity contribution < 1.29 is 4.79 Å². The fraction of sp³-hybridized carbons (Fsp3) is 0.650. The van der Waals surface area contributed by atoms with Crippen molar-refractivity contribution in [2.45, 2.75) is 44.9 Å². The Morgan fingerprint density at radius 2 is 2.21 bits per heavy atom. The van der Waals surface area contributed by atoms with Crippen LogP contribution in [0.1, 0.15) is 39.2 Å². The number of primary amides is 1. The van der Waals surface area contributed by atoms with Crippen molar-refractivity contribution in [2.75, 3.05) is 37.3 Å². The van der Waals surface area contributed by atoms with Gasteiger partial charge in [-0.2, -0.15) is 11.8 Å². The van der Waals surface area contributed by atoms with Crippen LogP contribution in [0.5, 0.6) is 0 Å². The van der Waals surface area contributed by atoms with E-state index in [2.05, 4.69) is 53.6 Å². The molecule has 1 atom stereocenters. The van der Waals surface area contributed by atoms with Crippen LogP contribution in [-0.2, 0) is 11.3 Å². The van der Waals surface area contributed by atoms with Crippen molar-refractivity contribution in [3.63, 3.8) is 0 Å². The summed E-state index contributed by atoms with van der Waals surface area (Å²) in [6, 6.07) is 3.98. The van der Waals surface area contributed by atoms with Crippen LogP contribution in [0.15, 0.2) is 23.3 Å². The van der Waals surface area contributed by atoms with E-state index in [9.17, 15) is 4.79 Å². The molecule has 0 aliphatic carbocycles. The standard InChI is InChI=1S/C20H34N6OS.HI/c1-5-22-19(25-14-20(2,3)28-4)24-12-15-8-6-10-23-18(15)26-11-7-9-16(13-26)17(21)27;/h6,8,10,16H,5,7,9,11-14H2,1-4H3,(H2,21,27)(H2,22,24,25);1H. The zero-order chi connectivity index (χ0) is 20.6. The number of nitrogens with zero attached hydrogens (tertiary/aromatic N) is 3. The lowest BCUT2D eigenvalue weighted by Crippen LogP contribution is -2.43. The fourth-order valence-electron chi connectivity index (χ4n) is 3.11. The lowest BCUT2D eigenvalue weighted by Gasteiger charge is -2.33. The highest BCUT2D eigenvalue weighted by Crippen LogP contribution is 2.25. The summed E-state index contributed by atoms with van der Waals surface area (Å²) in [5.74, 6) is 1.36. The summed E-state index contributed by atoms with van der Waals surface area (Å²) in [4.78, 5) is 23.1. The van der Waals surface area contributed by atoms with Crippen LogP contribution in [0.2, 0.25) is 0 Å². The highest BCUT2D eigenvalue weighted by atomic mass is 127. The van der Waals surface area contributed by atoms with Crippen LogP contribution >= 0.6 is 35.7 Å². The van der Waals surface area contributed by atoms with E-state index in [0.29, 0.717) is 13.1 Å². The lowest BCUT2D eigenvalue weighted by atomic mass is 9.97. The number of aliphatic imine (C=N–C) groups is 1. The Morgan fingerprint density at radius 3 is 2.86 bits per heavy atom. The van der Waals surface area contributed by atoms with Crippen LogP contribution < -0.4 is 21.3 Å². The molecular formula is C20H35IN6OS. The van der Waals surface area contributed by atoms with Gasteiger partial charge in [0.05, 0.1) is 12.5 Å². The molecule has 0 spiro atoms. The molecule has 2 heterocycles. The van der Waals surface area contributed by atoms with Crippen LogP contribution in [0.4, 0.5) is 5.82 Å². The Hall–Kier alpha value is -1.23. The van der Waals surface area contributed by atoms with Crippen LogP contribution in [0.3, 0.4) is 0 Å². The predicted molar refractivity (Wildman–Crippen MR) is 134 cm³/mol. The molecule has 4 N–H and O–H groups in total. The molecule has 0 bridgehead atoms. The number of halogens is 1. The van der Waals surface area contributed by atoms with Gasteiger partial charge in [0.1, 0.15) is 5.82 Å². The normalized spacial score (nSPS) is 17.4. The van der Waals surface area contributed by atoms with Crippen molar-refractivity contribution >= 4 is 53.4 Å². The van der Waals surface area contributed by atoms with Gasteiger partial charge in [0.2, 0.25) is 5.91 Å². The molecule has 1 fully saturated rings. The average molecular weight is 535 g/mol. The Labute approximate surface area is 196 Å². The smallest absolute Gasteiger partial charge is 0.222 e. The molecule has 29 heavy (non-hydrogen) atoms. The van der Waals surface area contributed by atoms with Crippen LogP contribution in [0, 0.1) is 5.92 Å². The molecular weight excluding hydrogens is 499 g/mol. The third-order valence-electron chi connectivity index (χ3n) is 4.98. The number of piperidine rings is 1. The topological polar surface area (TPSA) is 95.6 Å². The number of hydrogen-bond donors (Lipinski definition) is 3. The Bertz CT molecular complexity index is 685. The molecule has 7 nitrogen and oxygen atoms in total. The van der Waals surface area contributed by atoms with Gasteiger partial charge in [0.15, 0.2) is 5.96 Å². The SMILES string of the molecule is CCNC(=NCc1cccnc1N1CCCC(C(N)=O)C1)NCC(C)(C)SC.I. The lowest BCUT2D eigenvalue weighted by molar-refractivity contribution is -0.122. The van der Waals surface area contributed by atoms with Gasteiger partial charge in [0, 0.05) is 42.7 Å². The molecule has 9 heteroatoms. The number of anilines is 1. The number of pyridine rings is 1. The molecule has 1 aromatic rings. The van der Waals surface area contributed by atoms with E-state index in [1.165, 1.54) is 0 Å². The maximum absolute atomic E-state index is 11.6. The zero-order valence-electron chi connectivity index (χ0n) is 17.9. The van der Waals surface area contributed by atoms with E-state index in [1.54, 1.807) is 6.20 Å². The van der Waals surface area contributed by atoms with E-state index in [4.69, 9.17) is 10.7 Å². The molecule has 0 radical (unpaired) electrons. The first-order valence-corrected chi connectivity index (χ1v) is 11.1. The first-order valence-electron chi connectivity index (χ1n) is 9.91. The number of guanidine groups is 1. The second-order valence-electron chi connectivity index (χ2n) is 7.69. The maximum atomic E-state index is 11.6. The molecule has 2 rings (SSSR count). The third-order valence-corrected chi connectivity index (χ3v) is 6.23. The van der Waals surface area contributed by atoms with Crippen LogP contribution in [-0.4, -0.2) is 54.0 Å². The number of rotatable bonds is 8. The molecule has 1 aliphatic heterocycles. The number of nitrogens with one attached hydrogen (secondary N) is 2. The number of aromatic nitrogens is 1. The van der Waals surface area contributed by atoms with Gasteiger partial charge in [-0.05, 0) is 45.9 Å². The number of nitrogens with two attached hydrogens (primary N) is 1. The minimum atomic E-state index is -0.227. The minimum absolute atomic E-state index is 0. The summed E-state index contributed by atoms with van der Waals surface area (Å²) < 4.78 is 0.132. The highest BCUT2D eigenvalue weighted by molar-refractivity contribution is 14.0. The van der Waals surface area contributed by atoms with Crippen molar-refractivity contribution in [1.29, 1.82) is 0 Å². The van der Waals surface area contributed by atoms with Crippen molar-refractivity contribution in [3.8, 4) is 0 Å². The van der Waals surface area contributed by atoms with Gasteiger partial charge in [0.25, 0.3) is 0 Å². The first-order chi connectivity index (χ1) is 13.4. The van der Waals surface area contributed by atoms with Gasteiger partial charge in [-0.3, -0.25) is 4.79 Å². The number of amides is 1. The molecule has 0 saturated carbocycles. The summed E-state index contributed by atoms with van der Waals surface area (Å²) >= 11 is 1.83. The summed E-state index contributed by atoms with van der Waals surface area (Å²) in [6.07, 6.45) is 5.71. The first kappa shape index (κ1) is 25.8. The van der Waals surface area contributed by atoms with Gasteiger partial charge in [-0.25, -0.2) is 9.98 Å². The van der Waals surface area contributed by atoms with Crippen molar-refractivity contribution in [1.82, 2.24) is 15.6 Å². The summed E-state index contributed by atoms with van der Waals surface area (Å²) in [7, 11) is 0. The van der Waals surface area contributed by atoms with E-state index in [-0.39, 0.29) is 40.5 Å². The quantitative estimate of drug-likeness (QED) is 0.270. The zero-order valence-corrected chi connectivity index (χ0v) is 21.0. The number of carbonyl (C=O) groups is 1. The number of thioether (sulfide) groups is 1. The number of carbonyl (C=O) groups excluding carboxylic acids is 1. The third kappa shape index (κ3) is 8.19. The molecule has 0 aromatic carbocycles.